The maximum Gasteiger partial charge on any atom is 0.187 e. The third-order valence-corrected chi connectivity index (χ3v) is 3.34. The van der Waals surface area contributed by atoms with Crippen LogP contribution >= 0.6 is 11.3 Å². The van der Waals surface area contributed by atoms with Crippen LogP contribution in [0.25, 0.3) is 11.5 Å². The molecule has 3 nitrogen and oxygen atoms in total. The van der Waals surface area contributed by atoms with Crippen molar-refractivity contribution in [3.8, 4) is 11.5 Å². The molecule has 0 aliphatic rings. The first-order valence-electron chi connectivity index (χ1n) is 5.64. The standard InChI is InChI=1S/C14H12N2OS/c1-10-4-6-11(7-5-10)15-14-16-12(9-18-14)13-3-2-8-17-13/h2-9H,1H3,(H,15,16). The quantitative estimate of drug-likeness (QED) is 0.752. The minimum Gasteiger partial charge on any atom is -0.463 e. The molecule has 0 radical (unpaired) electrons. The van der Waals surface area contributed by atoms with Crippen LogP contribution in [0.5, 0.6) is 0 Å². The Labute approximate surface area is 109 Å². The van der Waals surface area contributed by atoms with E-state index in [4.69, 9.17) is 4.42 Å². The summed E-state index contributed by atoms with van der Waals surface area (Å²) in [6, 6.07) is 12.0. The van der Waals surface area contributed by atoms with Crippen molar-refractivity contribution in [1.29, 1.82) is 0 Å². The third-order valence-electron chi connectivity index (χ3n) is 2.58. The highest BCUT2D eigenvalue weighted by Crippen LogP contribution is 2.27. The number of anilines is 2. The number of hydrogen-bond donors (Lipinski definition) is 1. The molecule has 0 bridgehead atoms. The molecule has 18 heavy (non-hydrogen) atoms. The van der Waals surface area contributed by atoms with Crippen LogP contribution in [0.1, 0.15) is 5.56 Å². The second kappa shape index (κ2) is 4.66. The van der Waals surface area contributed by atoms with Gasteiger partial charge in [0.1, 0.15) is 5.69 Å². The van der Waals surface area contributed by atoms with E-state index in [9.17, 15) is 0 Å². The molecule has 0 aliphatic carbocycles. The lowest BCUT2D eigenvalue weighted by Gasteiger charge is -2.02. The van der Waals surface area contributed by atoms with E-state index in [-0.39, 0.29) is 0 Å². The van der Waals surface area contributed by atoms with Crippen molar-refractivity contribution in [2.45, 2.75) is 6.92 Å². The Morgan fingerprint density at radius 3 is 2.72 bits per heavy atom. The predicted molar refractivity (Wildman–Crippen MR) is 74.3 cm³/mol. The number of thiazole rings is 1. The second-order valence-corrected chi connectivity index (χ2v) is 4.86. The molecule has 1 N–H and O–H groups in total. The summed E-state index contributed by atoms with van der Waals surface area (Å²) in [5.41, 5.74) is 3.15. The Hall–Kier alpha value is -2.07. The van der Waals surface area contributed by atoms with Crippen molar-refractivity contribution in [2.24, 2.45) is 0 Å². The normalized spacial score (nSPS) is 10.5. The summed E-state index contributed by atoms with van der Waals surface area (Å²) in [6.45, 7) is 2.07. The van der Waals surface area contributed by atoms with Gasteiger partial charge in [-0.15, -0.1) is 11.3 Å². The van der Waals surface area contributed by atoms with E-state index >= 15 is 0 Å². The number of benzene rings is 1. The Kier molecular flexibility index (Phi) is 2.86. The summed E-state index contributed by atoms with van der Waals surface area (Å²) in [5.74, 6) is 0.795. The first-order valence-corrected chi connectivity index (χ1v) is 6.52. The highest BCUT2D eigenvalue weighted by Gasteiger charge is 2.06. The van der Waals surface area contributed by atoms with Crippen molar-refractivity contribution in [3.05, 3.63) is 53.6 Å². The van der Waals surface area contributed by atoms with Gasteiger partial charge in [-0.25, -0.2) is 4.98 Å². The van der Waals surface area contributed by atoms with Gasteiger partial charge in [0.15, 0.2) is 10.9 Å². The van der Waals surface area contributed by atoms with E-state index in [2.05, 4.69) is 29.4 Å². The second-order valence-electron chi connectivity index (χ2n) is 4.01. The Morgan fingerprint density at radius 1 is 1.17 bits per heavy atom. The van der Waals surface area contributed by atoms with Crippen molar-refractivity contribution in [3.63, 3.8) is 0 Å². The van der Waals surface area contributed by atoms with Gasteiger partial charge in [-0.1, -0.05) is 17.7 Å². The number of rotatable bonds is 3. The Balaban J connectivity index is 1.80. The summed E-state index contributed by atoms with van der Waals surface area (Å²) >= 11 is 1.56. The third kappa shape index (κ3) is 2.28. The van der Waals surface area contributed by atoms with Crippen LogP contribution in [0.2, 0.25) is 0 Å². The van der Waals surface area contributed by atoms with Crippen LogP contribution in [0.4, 0.5) is 10.8 Å². The molecule has 3 rings (SSSR count). The lowest BCUT2D eigenvalue weighted by Crippen LogP contribution is -1.89. The van der Waals surface area contributed by atoms with Gasteiger partial charge in [0.2, 0.25) is 0 Å². The van der Waals surface area contributed by atoms with Gasteiger partial charge in [0, 0.05) is 11.1 Å². The average molecular weight is 256 g/mol. The van der Waals surface area contributed by atoms with Gasteiger partial charge in [0.05, 0.1) is 6.26 Å². The minimum absolute atomic E-state index is 0.795. The molecule has 2 heterocycles. The highest BCUT2D eigenvalue weighted by atomic mass is 32.1. The van der Waals surface area contributed by atoms with Gasteiger partial charge >= 0.3 is 0 Å². The molecule has 2 aromatic heterocycles. The molecule has 0 saturated carbocycles. The van der Waals surface area contributed by atoms with Crippen LogP contribution in [-0.4, -0.2) is 4.98 Å². The molecule has 0 amide bonds. The molecule has 0 atom stereocenters. The number of aromatic nitrogens is 1. The van der Waals surface area contributed by atoms with E-state index in [1.54, 1.807) is 17.6 Å². The number of furan rings is 1. The molecule has 0 fully saturated rings. The topological polar surface area (TPSA) is 38.1 Å². The van der Waals surface area contributed by atoms with E-state index in [1.807, 2.05) is 29.6 Å². The van der Waals surface area contributed by atoms with Gasteiger partial charge in [-0.2, -0.15) is 0 Å². The van der Waals surface area contributed by atoms with Gasteiger partial charge in [0.25, 0.3) is 0 Å². The fourth-order valence-corrected chi connectivity index (χ4v) is 2.35. The number of nitrogens with zero attached hydrogens (tertiary/aromatic N) is 1. The smallest absolute Gasteiger partial charge is 0.187 e. The number of hydrogen-bond acceptors (Lipinski definition) is 4. The highest BCUT2D eigenvalue weighted by molar-refractivity contribution is 7.14. The fourth-order valence-electron chi connectivity index (χ4n) is 1.63. The largest absolute Gasteiger partial charge is 0.463 e. The SMILES string of the molecule is Cc1ccc(Nc2nc(-c3ccco3)cs2)cc1. The van der Waals surface area contributed by atoms with E-state index in [0.29, 0.717) is 0 Å². The van der Waals surface area contributed by atoms with E-state index in [1.165, 1.54) is 5.56 Å². The zero-order valence-corrected chi connectivity index (χ0v) is 10.7. The van der Waals surface area contributed by atoms with Crippen LogP contribution < -0.4 is 5.32 Å². The van der Waals surface area contributed by atoms with Crippen LogP contribution in [0, 0.1) is 6.92 Å². The van der Waals surface area contributed by atoms with Crippen molar-refractivity contribution >= 4 is 22.2 Å². The maximum atomic E-state index is 5.32. The zero-order chi connectivity index (χ0) is 12.4. The van der Waals surface area contributed by atoms with Crippen molar-refractivity contribution < 1.29 is 4.42 Å². The van der Waals surface area contributed by atoms with Gasteiger partial charge in [-0.05, 0) is 31.2 Å². The first kappa shape index (κ1) is 11.0. The van der Waals surface area contributed by atoms with Gasteiger partial charge in [-0.3, -0.25) is 0 Å². The lowest BCUT2D eigenvalue weighted by atomic mass is 10.2. The van der Waals surface area contributed by atoms with Gasteiger partial charge < -0.3 is 9.73 Å². The average Bonchev–Trinajstić information content (AvgIpc) is 3.02. The maximum absolute atomic E-state index is 5.32. The monoisotopic (exact) mass is 256 g/mol. The predicted octanol–water partition coefficient (Wildman–Crippen LogP) is 4.46. The lowest BCUT2D eigenvalue weighted by molar-refractivity contribution is 0.580. The van der Waals surface area contributed by atoms with Crippen LogP contribution in [-0.2, 0) is 0 Å². The molecule has 0 aliphatic heterocycles. The zero-order valence-electron chi connectivity index (χ0n) is 9.88. The van der Waals surface area contributed by atoms with E-state index in [0.717, 1.165) is 22.3 Å². The summed E-state index contributed by atoms with van der Waals surface area (Å²) in [6.07, 6.45) is 1.65. The minimum atomic E-state index is 0.795. The summed E-state index contributed by atoms with van der Waals surface area (Å²) in [4.78, 5) is 4.48. The summed E-state index contributed by atoms with van der Waals surface area (Å²) in [5, 5.41) is 6.13. The molecule has 0 saturated heterocycles. The Morgan fingerprint density at radius 2 is 2.00 bits per heavy atom. The molecule has 90 valence electrons. The molecule has 1 aromatic carbocycles. The van der Waals surface area contributed by atoms with Crippen LogP contribution in [0.3, 0.4) is 0 Å². The fraction of sp³-hybridized carbons (Fsp3) is 0.0714. The number of aryl methyl sites for hydroxylation is 1. The molecule has 0 spiro atoms. The number of nitrogens with one attached hydrogen (secondary N) is 1. The molecular weight excluding hydrogens is 244 g/mol. The molecule has 3 aromatic rings. The molecule has 0 unspecified atom stereocenters. The Bertz CT molecular complexity index is 626. The van der Waals surface area contributed by atoms with Crippen LogP contribution in [0.15, 0.2) is 52.5 Å². The first-order chi connectivity index (χ1) is 8.81. The summed E-state index contributed by atoms with van der Waals surface area (Å²) in [7, 11) is 0. The van der Waals surface area contributed by atoms with Crippen molar-refractivity contribution in [2.75, 3.05) is 5.32 Å². The van der Waals surface area contributed by atoms with E-state index < -0.39 is 0 Å². The van der Waals surface area contributed by atoms with Crippen molar-refractivity contribution in [1.82, 2.24) is 4.98 Å². The molecule has 4 heteroatoms. The summed E-state index contributed by atoms with van der Waals surface area (Å²) < 4.78 is 5.32. The molecular formula is C14H12N2OS.